The molecule has 0 aliphatic heterocycles. The maximum atomic E-state index is 12.3. The molecule has 0 amide bonds. The molecule has 4 unspecified atom stereocenters. The van der Waals surface area contributed by atoms with Crippen molar-refractivity contribution in [2.45, 2.75) is 86.0 Å². The molecule has 36 heteroatoms. The molecule has 0 aliphatic rings. The molecular formula is C28H24Na6O30. The summed E-state index contributed by atoms with van der Waals surface area (Å²) in [6.45, 7) is 0. The molecule has 0 aromatic carbocycles. The Balaban J connectivity index is -0.00000108. The van der Waals surface area contributed by atoms with Gasteiger partial charge in [-0.25, -0.2) is 19.2 Å². The summed E-state index contributed by atoms with van der Waals surface area (Å²) in [5, 5.41) is 125. The molecule has 4 atom stereocenters. The smallest absolute Gasteiger partial charge is 0.550 e. The summed E-state index contributed by atoms with van der Waals surface area (Å²) in [7, 11) is 0. The molecule has 6 N–H and O–H groups in total. The third-order valence-corrected chi connectivity index (χ3v) is 6.84. The van der Waals surface area contributed by atoms with Crippen molar-refractivity contribution in [3.63, 3.8) is 0 Å². The van der Waals surface area contributed by atoms with Gasteiger partial charge >= 0.3 is 225 Å². The van der Waals surface area contributed by atoms with E-state index in [9.17, 15) is 128 Å². The molecule has 0 aromatic rings. The quantitative estimate of drug-likeness (QED) is 0.0214. The first-order valence-corrected chi connectivity index (χ1v) is 14.7. The molecule has 0 fully saturated rings. The minimum atomic E-state index is -3.80. The number of ether oxygens (including phenoxy) is 4. The molecule has 322 valence electrons. The van der Waals surface area contributed by atoms with Crippen molar-refractivity contribution in [1.29, 1.82) is 0 Å². The number of aliphatic carboxylic acids is 8. The van der Waals surface area contributed by atoms with Crippen molar-refractivity contribution in [2.24, 2.45) is 0 Å². The monoisotopic (exact) mass is 978 g/mol. The van der Waals surface area contributed by atoms with Crippen molar-refractivity contribution in [3.8, 4) is 0 Å². The summed E-state index contributed by atoms with van der Waals surface area (Å²) >= 11 is 0. The summed E-state index contributed by atoms with van der Waals surface area (Å²) in [4.78, 5) is 163. The van der Waals surface area contributed by atoms with Gasteiger partial charge in [-0.05, 0) is 0 Å². The molecular weight excluding hydrogens is 954 g/mol. The minimum absolute atomic E-state index is 0. The number of aliphatic hydroxyl groups is 4. The molecule has 0 saturated heterocycles. The summed E-state index contributed by atoms with van der Waals surface area (Å²) in [5.74, 6) is -33.9. The second kappa shape index (κ2) is 33.3. The zero-order valence-electron chi connectivity index (χ0n) is 34.3. The van der Waals surface area contributed by atoms with Crippen LogP contribution in [0.3, 0.4) is 0 Å². The molecule has 0 aliphatic carbocycles. The fourth-order valence-corrected chi connectivity index (χ4v) is 4.14. The maximum Gasteiger partial charge on any atom is 1.00 e. The van der Waals surface area contributed by atoms with Gasteiger partial charge in [0.1, 0.15) is 0 Å². The molecule has 0 saturated carbocycles. The van der Waals surface area contributed by atoms with Gasteiger partial charge in [-0.3, -0.25) is 19.2 Å². The van der Waals surface area contributed by atoms with Gasteiger partial charge in [0.25, 0.3) is 0 Å². The van der Waals surface area contributed by atoms with Crippen LogP contribution in [-0.4, -0.2) is 149 Å². The van der Waals surface area contributed by atoms with Gasteiger partial charge in [0, 0.05) is 49.6 Å². The van der Waals surface area contributed by atoms with E-state index in [2.05, 4.69) is 18.9 Å². The predicted octanol–water partition coefficient (Wildman–Crippen LogP) is -32.3. The van der Waals surface area contributed by atoms with Gasteiger partial charge in [-0.2, -0.15) is 0 Å². The van der Waals surface area contributed by atoms with E-state index in [1.807, 2.05) is 0 Å². The first-order valence-electron chi connectivity index (χ1n) is 14.7. The number of hydrogen-bond acceptors (Lipinski definition) is 28. The van der Waals surface area contributed by atoms with E-state index in [0.29, 0.717) is 0 Å². The van der Waals surface area contributed by atoms with Crippen molar-refractivity contribution in [2.75, 3.05) is 0 Å². The average Bonchev–Trinajstić information content (AvgIpc) is 3.01. The second-order valence-corrected chi connectivity index (χ2v) is 11.6. The van der Waals surface area contributed by atoms with Crippen molar-refractivity contribution < 1.29 is 325 Å². The molecule has 0 bridgehead atoms. The first-order chi connectivity index (χ1) is 26.3. The molecule has 0 rings (SSSR count). The first kappa shape index (κ1) is 77.1. The summed E-state index contributed by atoms with van der Waals surface area (Å²) < 4.78 is 16.2. The van der Waals surface area contributed by atoms with Gasteiger partial charge in [0.2, 0.25) is 0 Å². The Morgan fingerprint density at radius 3 is 0.766 bits per heavy atom. The van der Waals surface area contributed by atoms with Crippen LogP contribution in [0.2, 0.25) is 0 Å². The normalized spacial score (nSPS) is 13.0. The molecule has 0 aromatic heterocycles. The molecule has 64 heavy (non-hydrogen) atoms. The van der Waals surface area contributed by atoms with Crippen LogP contribution in [0.4, 0.5) is 0 Å². The number of carbonyl (C=O) groups is 14. The van der Waals surface area contributed by atoms with Crippen molar-refractivity contribution >= 4 is 83.6 Å². The van der Waals surface area contributed by atoms with E-state index in [-0.39, 0.29) is 177 Å². The zero-order chi connectivity index (χ0) is 45.7. The van der Waals surface area contributed by atoms with Gasteiger partial charge in [0.05, 0.1) is 37.6 Å². The average molecular weight is 978 g/mol. The number of aliphatic hydroxyl groups excluding tert-OH is 2. The van der Waals surface area contributed by atoms with Crippen LogP contribution in [0.1, 0.15) is 51.4 Å². The summed E-state index contributed by atoms with van der Waals surface area (Å²) in [6.07, 6.45) is -22.6. The number of hydrogen-bond donors (Lipinski definition) is 6. The van der Waals surface area contributed by atoms with Gasteiger partial charge in [-0.1, -0.05) is 0 Å². The predicted molar refractivity (Wildman–Crippen MR) is 144 cm³/mol. The number of carboxylic acid groups (broad SMARTS) is 8. The van der Waals surface area contributed by atoms with Crippen molar-refractivity contribution in [1.82, 2.24) is 0 Å². The number of carbonyl (C=O) groups excluding carboxylic acids is 12. The van der Waals surface area contributed by atoms with Crippen LogP contribution >= 0.6 is 0 Å². The topological polar surface area (TPSA) is 536 Å². The van der Waals surface area contributed by atoms with Gasteiger partial charge in [-0.15, -0.1) is 0 Å². The standard InChI is InChI=1S/C28H30O30.6Na/c29-9(30)1-27(23(49)50,2-10(31)32)57-15(39)7-25(53,21(45)46)5-13(37)55-19(43)17(41)18(42)20(44)56-14(38)6-26(54,22(47)48)8-16(40)58-28(24(51)52,3-11(33)34)4-12(35)36;;;;;;/h17-18,41-42,53-54H,1-8H2,(H,29,30)(H,31,32)(H,33,34)(H,35,36)(H,45,46)(H,47,48)(H,49,50)(H,51,52);;;;;;/q;6*+1/p-6. The van der Waals surface area contributed by atoms with Gasteiger partial charge in [0.15, 0.2) is 34.6 Å². The molecule has 0 radical (unpaired) electrons. The number of carboxylic acids is 8. The van der Waals surface area contributed by atoms with Crippen LogP contribution < -0.4 is 208 Å². The third-order valence-electron chi connectivity index (χ3n) is 6.84. The zero-order valence-corrected chi connectivity index (χ0v) is 46.3. The van der Waals surface area contributed by atoms with E-state index in [4.69, 9.17) is 0 Å². The third kappa shape index (κ3) is 25.3. The van der Waals surface area contributed by atoms with E-state index in [1.54, 1.807) is 0 Å². The largest absolute Gasteiger partial charge is 1.00 e. The van der Waals surface area contributed by atoms with Crippen LogP contribution in [-0.2, 0) is 86.1 Å². The fourth-order valence-electron chi connectivity index (χ4n) is 4.14. The number of esters is 6. The Kier molecular flexibility index (Phi) is 40.1. The Hall–Kier alpha value is -1.18. The Morgan fingerprint density at radius 1 is 0.391 bits per heavy atom. The minimum Gasteiger partial charge on any atom is -0.550 e. The Labute approximate surface area is 487 Å². The summed E-state index contributed by atoms with van der Waals surface area (Å²) in [6, 6.07) is 0. The van der Waals surface area contributed by atoms with Crippen LogP contribution in [0.25, 0.3) is 0 Å². The van der Waals surface area contributed by atoms with E-state index in [0.717, 1.165) is 0 Å². The maximum absolute atomic E-state index is 12.3. The summed E-state index contributed by atoms with van der Waals surface area (Å²) in [5.41, 5.74) is -14.9. The van der Waals surface area contributed by atoms with Crippen LogP contribution in [0.5, 0.6) is 0 Å². The molecule has 30 nitrogen and oxygen atoms in total. The number of rotatable bonds is 25. The van der Waals surface area contributed by atoms with E-state index in [1.165, 1.54) is 0 Å². The SMILES string of the molecule is O=C([O-])CC(CC(=O)[O-])(OC(=O)CC(O)(CC(=O)OC(=O)C(O)C(O)C(=O)OC(=O)CC(O)(CC(=O)OC(CC(=O)[O-])(CC(=O)[O-])C(=O)[O-])C(=O)O)C(=O)O)C(=O)[O-].[Na+].[Na+].[Na+].[Na+].[Na+].[Na+]. The Morgan fingerprint density at radius 2 is 0.594 bits per heavy atom. The van der Waals surface area contributed by atoms with Crippen molar-refractivity contribution in [3.05, 3.63) is 0 Å². The van der Waals surface area contributed by atoms with Crippen LogP contribution in [0.15, 0.2) is 0 Å². The van der Waals surface area contributed by atoms with E-state index >= 15 is 0 Å². The molecule has 0 spiro atoms. The Bertz CT molecular complexity index is 1630. The fraction of sp³-hybridized carbons (Fsp3) is 0.500. The van der Waals surface area contributed by atoms with Crippen LogP contribution in [0, 0.1) is 0 Å². The van der Waals surface area contributed by atoms with E-state index < -0.39 is 170 Å². The van der Waals surface area contributed by atoms with Gasteiger partial charge < -0.3 is 109 Å². The second-order valence-electron chi connectivity index (χ2n) is 11.6. The molecule has 0 heterocycles.